The van der Waals surface area contributed by atoms with Crippen molar-refractivity contribution in [1.82, 2.24) is 0 Å². The van der Waals surface area contributed by atoms with E-state index in [1.54, 1.807) is 21.0 Å². The maximum Gasteiger partial charge on any atom is 0.343 e. The third kappa shape index (κ3) is 4.23. The van der Waals surface area contributed by atoms with Crippen LogP contribution in [0.25, 0.3) is 11.1 Å². The van der Waals surface area contributed by atoms with Crippen molar-refractivity contribution in [2.75, 3.05) is 25.6 Å². The summed E-state index contributed by atoms with van der Waals surface area (Å²) < 4.78 is 16.5. The average molecular weight is 460 g/mol. The lowest BCUT2D eigenvalue weighted by Crippen LogP contribution is -2.58. The number of carbonyl (C=O) groups excluding carboxylic acids is 2. The molecule has 1 N–H and O–H groups in total. The largest absolute Gasteiger partial charge is 0.497 e. The van der Waals surface area contributed by atoms with Crippen LogP contribution in [0.5, 0.6) is 5.75 Å². The molecule has 0 amide bonds. The van der Waals surface area contributed by atoms with Gasteiger partial charge in [0.2, 0.25) is 5.54 Å². The van der Waals surface area contributed by atoms with E-state index in [0.717, 1.165) is 22.3 Å². The van der Waals surface area contributed by atoms with Crippen molar-refractivity contribution in [3.8, 4) is 16.9 Å². The Morgan fingerprint density at radius 2 is 1.50 bits per heavy atom. The number of fused-ring (bicyclic) bond motifs is 1. The van der Waals surface area contributed by atoms with Gasteiger partial charge >= 0.3 is 11.9 Å². The van der Waals surface area contributed by atoms with Crippen molar-refractivity contribution >= 4 is 17.6 Å². The van der Waals surface area contributed by atoms with Crippen LogP contribution in [-0.2, 0) is 19.1 Å². The Kier molecular flexibility index (Phi) is 6.87. The highest BCUT2D eigenvalue weighted by molar-refractivity contribution is 6.09. The molecule has 0 saturated heterocycles. The highest BCUT2D eigenvalue weighted by atomic mass is 16.6. The number of benzene rings is 3. The van der Waals surface area contributed by atoms with E-state index in [9.17, 15) is 9.59 Å². The first-order valence-corrected chi connectivity index (χ1v) is 11.5. The van der Waals surface area contributed by atoms with Gasteiger partial charge < -0.3 is 19.5 Å². The van der Waals surface area contributed by atoms with Gasteiger partial charge in [-0.15, -0.1) is 0 Å². The Morgan fingerprint density at radius 1 is 0.912 bits per heavy atom. The van der Waals surface area contributed by atoms with Crippen molar-refractivity contribution < 1.29 is 23.8 Å². The predicted octanol–water partition coefficient (Wildman–Crippen LogP) is 5.17. The summed E-state index contributed by atoms with van der Waals surface area (Å²) >= 11 is 0. The SMILES string of the molecule is CCOC(=O)C1(C(=O)OCC)CC(c2ccccc2)c2cc(OC)cc(-c3ccccc3)c2N1. The van der Waals surface area contributed by atoms with Gasteiger partial charge in [-0.2, -0.15) is 0 Å². The highest BCUT2D eigenvalue weighted by Gasteiger charge is 2.54. The van der Waals surface area contributed by atoms with E-state index in [1.165, 1.54) is 0 Å². The van der Waals surface area contributed by atoms with Crippen LogP contribution in [0, 0.1) is 0 Å². The second-order valence-corrected chi connectivity index (χ2v) is 8.14. The van der Waals surface area contributed by atoms with Gasteiger partial charge in [-0.3, -0.25) is 0 Å². The lowest BCUT2D eigenvalue weighted by molar-refractivity contribution is -0.163. The molecule has 1 aliphatic heterocycles. The van der Waals surface area contributed by atoms with Crippen LogP contribution < -0.4 is 10.1 Å². The van der Waals surface area contributed by atoms with Gasteiger partial charge in [-0.1, -0.05) is 60.7 Å². The Morgan fingerprint density at radius 3 is 2.06 bits per heavy atom. The molecule has 0 spiro atoms. The zero-order chi connectivity index (χ0) is 24.1. The van der Waals surface area contributed by atoms with E-state index in [0.29, 0.717) is 11.4 Å². The molecule has 0 fully saturated rings. The van der Waals surface area contributed by atoms with Gasteiger partial charge in [0.1, 0.15) is 5.75 Å². The first kappa shape index (κ1) is 23.4. The summed E-state index contributed by atoms with van der Waals surface area (Å²) in [6, 6.07) is 23.5. The third-order valence-electron chi connectivity index (χ3n) is 6.14. The van der Waals surface area contributed by atoms with Crippen LogP contribution in [-0.4, -0.2) is 37.8 Å². The average Bonchev–Trinajstić information content (AvgIpc) is 2.88. The summed E-state index contributed by atoms with van der Waals surface area (Å²) in [5, 5.41) is 3.29. The molecule has 4 rings (SSSR count). The maximum absolute atomic E-state index is 13.4. The number of ether oxygens (including phenoxy) is 3. The number of carbonyl (C=O) groups is 2. The highest BCUT2D eigenvalue weighted by Crippen LogP contribution is 2.49. The molecule has 0 aliphatic carbocycles. The minimum Gasteiger partial charge on any atom is -0.497 e. The number of nitrogens with one attached hydrogen (secondary N) is 1. The van der Waals surface area contributed by atoms with Crippen LogP contribution in [0.15, 0.2) is 72.8 Å². The Hall–Kier alpha value is -3.80. The number of rotatable bonds is 7. The fraction of sp³-hybridized carbons (Fsp3) is 0.286. The Labute approximate surface area is 199 Å². The lowest BCUT2D eigenvalue weighted by atomic mass is 9.74. The van der Waals surface area contributed by atoms with Gasteiger partial charge in [0.15, 0.2) is 0 Å². The van der Waals surface area contributed by atoms with Crippen molar-refractivity contribution in [2.24, 2.45) is 0 Å². The fourth-order valence-electron chi connectivity index (χ4n) is 4.54. The van der Waals surface area contributed by atoms with E-state index in [2.05, 4.69) is 5.32 Å². The van der Waals surface area contributed by atoms with E-state index < -0.39 is 17.5 Å². The zero-order valence-corrected chi connectivity index (χ0v) is 19.7. The van der Waals surface area contributed by atoms with E-state index >= 15 is 0 Å². The van der Waals surface area contributed by atoms with Crippen LogP contribution in [0.3, 0.4) is 0 Å². The summed E-state index contributed by atoms with van der Waals surface area (Å²) in [5.41, 5.74) is 2.68. The summed E-state index contributed by atoms with van der Waals surface area (Å²) in [5.74, 6) is -0.867. The first-order chi connectivity index (χ1) is 16.5. The molecule has 6 heteroatoms. The molecule has 176 valence electrons. The molecule has 0 saturated carbocycles. The lowest BCUT2D eigenvalue weighted by Gasteiger charge is -2.40. The molecule has 3 aromatic rings. The van der Waals surface area contributed by atoms with Gasteiger partial charge in [0, 0.05) is 23.6 Å². The van der Waals surface area contributed by atoms with Crippen molar-refractivity contribution in [3.05, 3.63) is 83.9 Å². The van der Waals surface area contributed by atoms with Gasteiger partial charge in [-0.05, 0) is 42.7 Å². The Balaban J connectivity index is 2.00. The molecule has 34 heavy (non-hydrogen) atoms. The molecule has 6 nitrogen and oxygen atoms in total. The second-order valence-electron chi connectivity index (χ2n) is 8.14. The Bertz CT molecular complexity index is 1140. The summed E-state index contributed by atoms with van der Waals surface area (Å²) in [6.45, 7) is 3.75. The van der Waals surface area contributed by atoms with Gasteiger partial charge in [-0.25, -0.2) is 9.59 Å². The molecule has 1 unspecified atom stereocenters. The van der Waals surface area contributed by atoms with Crippen molar-refractivity contribution in [1.29, 1.82) is 0 Å². The first-order valence-electron chi connectivity index (χ1n) is 11.5. The predicted molar refractivity (Wildman–Crippen MR) is 131 cm³/mol. The quantitative estimate of drug-likeness (QED) is 0.388. The normalized spacial score (nSPS) is 16.0. The summed E-state index contributed by atoms with van der Waals surface area (Å²) in [4.78, 5) is 26.8. The van der Waals surface area contributed by atoms with Crippen LogP contribution in [0.4, 0.5) is 5.69 Å². The number of esters is 2. The molecule has 1 atom stereocenters. The molecule has 0 aromatic heterocycles. The van der Waals surface area contributed by atoms with Crippen molar-refractivity contribution in [2.45, 2.75) is 31.7 Å². The third-order valence-corrected chi connectivity index (χ3v) is 6.14. The number of methoxy groups -OCH3 is 1. The smallest absolute Gasteiger partial charge is 0.343 e. The van der Waals surface area contributed by atoms with Gasteiger partial charge in [0.25, 0.3) is 0 Å². The minimum absolute atomic E-state index is 0.151. The molecular weight excluding hydrogens is 430 g/mol. The molecular formula is C28H29NO5. The van der Waals surface area contributed by atoms with Crippen molar-refractivity contribution in [3.63, 3.8) is 0 Å². The molecule has 0 radical (unpaired) electrons. The van der Waals surface area contributed by atoms with Gasteiger partial charge in [0.05, 0.1) is 20.3 Å². The van der Waals surface area contributed by atoms with E-state index in [1.807, 2.05) is 72.8 Å². The summed E-state index contributed by atoms with van der Waals surface area (Å²) in [7, 11) is 1.63. The monoisotopic (exact) mass is 459 g/mol. The number of anilines is 1. The second kappa shape index (κ2) is 10.00. The minimum atomic E-state index is -1.68. The van der Waals surface area contributed by atoms with Crippen LogP contribution in [0.2, 0.25) is 0 Å². The van der Waals surface area contributed by atoms with E-state index in [-0.39, 0.29) is 25.6 Å². The van der Waals surface area contributed by atoms with Crippen LogP contribution >= 0.6 is 0 Å². The number of hydrogen-bond acceptors (Lipinski definition) is 6. The number of hydrogen-bond donors (Lipinski definition) is 1. The zero-order valence-electron chi connectivity index (χ0n) is 19.7. The topological polar surface area (TPSA) is 73.9 Å². The fourth-order valence-corrected chi connectivity index (χ4v) is 4.54. The van der Waals surface area contributed by atoms with Crippen LogP contribution in [0.1, 0.15) is 37.3 Å². The standard InChI is InChI=1S/C28H29NO5/c1-4-33-26(30)28(27(31)34-5-2)18-24(20-14-10-7-11-15-20)23-17-21(32-3)16-22(25(23)29-28)19-12-8-6-9-13-19/h6-17,24,29H,4-5,18H2,1-3H3. The molecule has 0 bridgehead atoms. The summed E-state index contributed by atoms with van der Waals surface area (Å²) in [6.07, 6.45) is 0.156. The maximum atomic E-state index is 13.4. The molecule has 1 aliphatic rings. The van der Waals surface area contributed by atoms with E-state index in [4.69, 9.17) is 14.2 Å². The molecule has 1 heterocycles. The molecule has 3 aromatic carbocycles.